The zero-order valence-corrected chi connectivity index (χ0v) is 12.7. The van der Waals surface area contributed by atoms with E-state index in [1.807, 2.05) is 19.1 Å². The first-order valence-corrected chi connectivity index (χ1v) is 7.41. The highest BCUT2D eigenvalue weighted by molar-refractivity contribution is 9.10. The lowest BCUT2D eigenvalue weighted by molar-refractivity contribution is 0.530. The van der Waals surface area contributed by atoms with E-state index in [9.17, 15) is 4.39 Å². The van der Waals surface area contributed by atoms with Gasteiger partial charge in [-0.05, 0) is 41.9 Å². The monoisotopic (exact) mass is 327 g/mol. The number of benzene rings is 1. The van der Waals surface area contributed by atoms with Crippen LogP contribution in [0.1, 0.15) is 28.3 Å². The first kappa shape index (κ1) is 13.7. The normalized spacial score (nSPS) is 12.7. The number of hydrogen-bond donors (Lipinski definition) is 1. The molecular formula is C14H15BrFNS. The molecule has 1 atom stereocenters. The van der Waals surface area contributed by atoms with Crippen LogP contribution in [0.3, 0.4) is 0 Å². The van der Waals surface area contributed by atoms with Gasteiger partial charge in [-0.15, -0.1) is 11.3 Å². The lowest BCUT2D eigenvalue weighted by atomic mass is 10.1. The van der Waals surface area contributed by atoms with Crippen molar-refractivity contribution < 1.29 is 4.39 Å². The van der Waals surface area contributed by atoms with E-state index in [0.29, 0.717) is 5.56 Å². The Hall–Kier alpha value is -0.710. The summed E-state index contributed by atoms with van der Waals surface area (Å²) in [6.45, 7) is 4.82. The van der Waals surface area contributed by atoms with Crippen molar-refractivity contribution in [2.75, 3.05) is 0 Å². The van der Waals surface area contributed by atoms with E-state index < -0.39 is 0 Å². The molecule has 0 amide bonds. The molecule has 0 aliphatic rings. The van der Waals surface area contributed by atoms with Gasteiger partial charge in [0.1, 0.15) is 5.82 Å². The Labute approximate surface area is 119 Å². The number of nitrogens with one attached hydrogen (secondary N) is 1. The van der Waals surface area contributed by atoms with Crippen LogP contribution in [-0.4, -0.2) is 0 Å². The SMILES string of the molecule is Cc1sc(CN[C@H](C)c2ccccc2F)cc1Br. The fourth-order valence-electron chi connectivity index (χ4n) is 1.79. The van der Waals surface area contributed by atoms with Crippen molar-refractivity contribution in [3.8, 4) is 0 Å². The summed E-state index contributed by atoms with van der Waals surface area (Å²) in [5, 5.41) is 3.35. The molecule has 0 aliphatic carbocycles. The predicted octanol–water partition coefficient (Wildman–Crippen LogP) is 4.81. The Bertz CT molecular complexity index is 519. The maximum atomic E-state index is 13.6. The van der Waals surface area contributed by atoms with E-state index in [0.717, 1.165) is 11.0 Å². The first-order valence-electron chi connectivity index (χ1n) is 5.80. The van der Waals surface area contributed by atoms with Crippen LogP contribution in [0.15, 0.2) is 34.8 Å². The van der Waals surface area contributed by atoms with Crippen molar-refractivity contribution in [1.82, 2.24) is 5.32 Å². The molecule has 0 radical (unpaired) electrons. The van der Waals surface area contributed by atoms with Crippen molar-refractivity contribution in [3.63, 3.8) is 0 Å². The molecule has 0 fully saturated rings. The van der Waals surface area contributed by atoms with Crippen LogP contribution < -0.4 is 5.32 Å². The lowest BCUT2D eigenvalue weighted by Crippen LogP contribution is -2.18. The van der Waals surface area contributed by atoms with Gasteiger partial charge in [0.05, 0.1) is 0 Å². The molecule has 2 aromatic rings. The summed E-state index contributed by atoms with van der Waals surface area (Å²) in [5.74, 6) is -0.152. The Morgan fingerprint density at radius 2 is 2.11 bits per heavy atom. The third-order valence-corrected chi connectivity index (χ3v) is 5.00. The quantitative estimate of drug-likeness (QED) is 0.849. The third kappa shape index (κ3) is 3.19. The van der Waals surface area contributed by atoms with Gasteiger partial charge in [0.25, 0.3) is 0 Å². The van der Waals surface area contributed by atoms with Crippen LogP contribution in [0.4, 0.5) is 4.39 Å². The molecule has 1 aromatic carbocycles. The Morgan fingerprint density at radius 1 is 1.39 bits per heavy atom. The molecule has 1 heterocycles. The van der Waals surface area contributed by atoms with Crippen molar-refractivity contribution >= 4 is 27.3 Å². The van der Waals surface area contributed by atoms with Crippen molar-refractivity contribution in [3.05, 3.63) is 55.9 Å². The highest BCUT2D eigenvalue weighted by Crippen LogP contribution is 2.26. The smallest absolute Gasteiger partial charge is 0.127 e. The van der Waals surface area contributed by atoms with E-state index in [4.69, 9.17) is 0 Å². The second-order valence-electron chi connectivity index (χ2n) is 4.24. The van der Waals surface area contributed by atoms with Crippen LogP contribution in [0.2, 0.25) is 0 Å². The number of hydrogen-bond acceptors (Lipinski definition) is 2. The van der Waals surface area contributed by atoms with Gasteiger partial charge in [0.15, 0.2) is 0 Å². The maximum absolute atomic E-state index is 13.6. The molecule has 1 N–H and O–H groups in total. The summed E-state index contributed by atoms with van der Waals surface area (Å²) >= 11 is 5.25. The lowest BCUT2D eigenvalue weighted by Gasteiger charge is -2.14. The highest BCUT2D eigenvalue weighted by Gasteiger charge is 2.10. The fourth-order valence-corrected chi connectivity index (χ4v) is 3.35. The molecule has 1 aromatic heterocycles. The van der Waals surface area contributed by atoms with Gasteiger partial charge in [-0.2, -0.15) is 0 Å². The van der Waals surface area contributed by atoms with Crippen molar-refractivity contribution in [1.29, 1.82) is 0 Å². The summed E-state index contributed by atoms with van der Waals surface area (Å²) in [5.41, 5.74) is 0.713. The molecule has 96 valence electrons. The minimum absolute atomic E-state index is 0.00683. The maximum Gasteiger partial charge on any atom is 0.127 e. The largest absolute Gasteiger partial charge is 0.305 e. The predicted molar refractivity (Wildman–Crippen MR) is 78.4 cm³/mol. The van der Waals surface area contributed by atoms with Gasteiger partial charge in [-0.3, -0.25) is 0 Å². The highest BCUT2D eigenvalue weighted by atomic mass is 79.9. The van der Waals surface area contributed by atoms with E-state index >= 15 is 0 Å². The summed E-state index contributed by atoms with van der Waals surface area (Å²) in [7, 11) is 0. The first-order chi connectivity index (χ1) is 8.58. The average molecular weight is 328 g/mol. The number of thiophene rings is 1. The van der Waals surface area contributed by atoms with Crippen molar-refractivity contribution in [2.45, 2.75) is 26.4 Å². The molecule has 2 rings (SSSR count). The van der Waals surface area contributed by atoms with E-state index in [2.05, 4.69) is 34.2 Å². The number of aryl methyl sites for hydroxylation is 1. The second kappa shape index (κ2) is 5.95. The molecule has 0 spiro atoms. The Morgan fingerprint density at radius 3 is 2.72 bits per heavy atom. The van der Waals surface area contributed by atoms with Crippen LogP contribution in [0.25, 0.3) is 0 Å². The summed E-state index contributed by atoms with van der Waals surface area (Å²) < 4.78 is 14.7. The minimum Gasteiger partial charge on any atom is -0.305 e. The van der Waals surface area contributed by atoms with Crippen LogP contribution in [0.5, 0.6) is 0 Å². The van der Waals surface area contributed by atoms with E-state index in [1.165, 1.54) is 15.8 Å². The molecule has 0 saturated carbocycles. The van der Waals surface area contributed by atoms with Crippen molar-refractivity contribution in [2.24, 2.45) is 0 Å². The number of halogens is 2. The molecule has 4 heteroatoms. The van der Waals surface area contributed by atoms with Gasteiger partial charge in [0.2, 0.25) is 0 Å². The molecule has 18 heavy (non-hydrogen) atoms. The minimum atomic E-state index is -0.152. The fraction of sp³-hybridized carbons (Fsp3) is 0.286. The average Bonchev–Trinajstić information content (AvgIpc) is 2.66. The number of rotatable bonds is 4. The molecular weight excluding hydrogens is 313 g/mol. The second-order valence-corrected chi connectivity index (χ2v) is 6.44. The zero-order valence-electron chi connectivity index (χ0n) is 10.3. The molecule has 1 nitrogen and oxygen atoms in total. The van der Waals surface area contributed by atoms with Gasteiger partial charge >= 0.3 is 0 Å². The van der Waals surface area contributed by atoms with Crippen LogP contribution >= 0.6 is 27.3 Å². The van der Waals surface area contributed by atoms with Gasteiger partial charge in [-0.25, -0.2) is 4.39 Å². The summed E-state index contributed by atoms with van der Waals surface area (Å²) in [6, 6.07) is 9.02. The van der Waals surface area contributed by atoms with Gasteiger partial charge < -0.3 is 5.32 Å². The van der Waals surface area contributed by atoms with E-state index in [1.54, 1.807) is 17.4 Å². The molecule has 0 aliphatic heterocycles. The van der Waals surface area contributed by atoms with Crippen LogP contribution in [-0.2, 0) is 6.54 Å². The van der Waals surface area contributed by atoms with Gasteiger partial charge in [-0.1, -0.05) is 18.2 Å². The molecule has 0 saturated heterocycles. The molecule has 0 bridgehead atoms. The van der Waals surface area contributed by atoms with Crippen LogP contribution in [0, 0.1) is 12.7 Å². The molecule has 0 unspecified atom stereocenters. The van der Waals surface area contributed by atoms with Gasteiger partial charge in [0, 0.05) is 32.4 Å². The standard InChI is InChI=1S/C14H15BrFNS/c1-9(12-5-3-4-6-14(12)16)17-8-11-7-13(15)10(2)18-11/h3-7,9,17H,8H2,1-2H3/t9-/m1/s1. The topological polar surface area (TPSA) is 12.0 Å². The Balaban J connectivity index is 2.00. The third-order valence-electron chi connectivity index (χ3n) is 2.86. The zero-order chi connectivity index (χ0) is 13.1. The Kier molecular flexibility index (Phi) is 4.54. The summed E-state index contributed by atoms with van der Waals surface area (Å²) in [4.78, 5) is 2.52. The summed E-state index contributed by atoms with van der Waals surface area (Å²) in [6.07, 6.45) is 0. The van der Waals surface area contributed by atoms with E-state index in [-0.39, 0.29) is 11.9 Å².